The van der Waals surface area contributed by atoms with Crippen molar-refractivity contribution in [2.24, 2.45) is 17.0 Å². The number of nitrogens with zero attached hydrogens (tertiary/aromatic N) is 5. The molecule has 14 heteroatoms. The lowest BCUT2D eigenvalue weighted by atomic mass is 9.97. The first-order chi connectivity index (χ1) is 25.3. The quantitative estimate of drug-likeness (QED) is 0.0661. The lowest BCUT2D eigenvalue weighted by Crippen LogP contribution is -2.57. The average Bonchev–Trinajstić information content (AvgIpc) is 3.39. The van der Waals surface area contributed by atoms with E-state index in [0.29, 0.717) is 11.3 Å². The molecular weight excluding hydrogens is 697 g/mol. The Kier molecular flexibility index (Phi) is 12.6. The second-order valence-corrected chi connectivity index (χ2v) is 15.9. The number of imide groups is 1. The standard InChI is InChI=1S/C39H46N6O7S/c1-26(2)22-43(53(51,52)32-18-14-29(15-19-32)21-40-50)24-35(46)34(20-28-10-6-5-7-11-28)42-38(48)37(27(3)4)45-25-36(47)44(39(45)49)23-31-17-16-30-12-8-9-13-33(30)41-31/h5-19,21,26-27,34-35,37,46,50H,20,22-25H2,1-4H3,(H,42,48)/b40-21+/t34-,35?,37+/m0/s1. The Morgan fingerprint density at radius 2 is 1.62 bits per heavy atom. The monoisotopic (exact) mass is 742 g/mol. The summed E-state index contributed by atoms with van der Waals surface area (Å²) in [6, 6.07) is 23.5. The molecule has 0 radical (unpaired) electrons. The maximum atomic E-state index is 14.2. The summed E-state index contributed by atoms with van der Waals surface area (Å²) < 4.78 is 29.0. The summed E-state index contributed by atoms with van der Waals surface area (Å²) in [6.07, 6.45) is -0.0261. The first-order valence-corrected chi connectivity index (χ1v) is 19.0. The van der Waals surface area contributed by atoms with E-state index in [2.05, 4.69) is 15.5 Å². The minimum absolute atomic E-state index is 0.00962. The van der Waals surface area contributed by atoms with Crippen molar-refractivity contribution in [1.29, 1.82) is 0 Å². The van der Waals surface area contributed by atoms with Gasteiger partial charge in [-0.2, -0.15) is 4.31 Å². The second-order valence-electron chi connectivity index (χ2n) is 14.0. The lowest BCUT2D eigenvalue weighted by molar-refractivity contribution is -0.129. The van der Waals surface area contributed by atoms with E-state index in [1.54, 1.807) is 19.9 Å². The Bertz CT molecular complexity index is 2040. The highest BCUT2D eigenvalue weighted by atomic mass is 32.2. The number of hydrogen-bond donors (Lipinski definition) is 3. The van der Waals surface area contributed by atoms with Gasteiger partial charge in [-0.05, 0) is 53.6 Å². The van der Waals surface area contributed by atoms with Crippen molar-refractivity contribution in [3.63, 3.8) is 0 Å². The average molecular weight is 743 g/mol. The molecular formula is C39H46N6O7S. The van der Waals surface area contributed by atoms with Gasteiger partial charge in [0.2, 0.25) is 15.9 Å². The zero-order valence-electron chi connectivity index (χ0n) is 30.2. The zero-order chi connectivity index (χ0) is 38.3. The van der Waals surface area contributed by atoms with E-state index < -0.39 is 52.0 Å². The Morgan fingerprint density at radius 1 is 0.943 bits per heavy atom. The van der Waals surface area contributed by atoms with Crippen LogP contribution >= 0.6 is 0 Å². The third kappa shape index (κ3) is 9.44. The van der Waals surface area contributed by atoms with Gasteiger partial charge in [0, 0.05) is 18.5 Å². The lowest BCUT2D eigenvalue weighted by Gasteiger charge is -2.34. The number of urea groups is 1. The number of rotatable bonds is 16. The molecule has 0 aliphatic carbocycles. The van der Waals surface area contributed by atoms with Gasteiger partial charge in [0.25, 0.3) is 5.91 Å². The summed E-state index contributed by atoms with van der Waals surface area (Å²) in [4.78, 5) is 48.1. The predicted octanol–water partition coefficient (Wildman–Crippen LogP) is 4.27. The third-order valence-electron chi connectivity index (χ3n) is 9.07. The molecule has 5 rings (SSSR count). The molecule has 3 atom stereocenters. The van der Waals surface area contributed by atoms with Crippen LogP contribution in [0, 0.1) is 11.8 Å². The third-order valence-corrected chi connectivity index (χ3v) is 10.9. The Hall–Kier alpha value is -5.18. The second kappa shape index (κ2) is 17.1. The largest absolute Gasteiger partial charge is 0.411 e. The molecule has 1 aromatic heterocycles. The fourth-order valence-corrected chi connectivity index (χ4v) is 8.09. The Morgan fingerprint density at radius 3 is 2.28 bits per heavy atom. The highest BCUT2D eigenvalue weighted by molar-refractivity contribution is 7.89. The highest BCUT2D eigenvalue weighted by Crippen LogP contribution is 2.24. The van der Waals surface area contributed by atoms with Crippen LogP contribution in [0.3, 0.4) is 0 Å². The normalized spacial score (nSPS) is 15.6. The number of amides is 4. The van der Waals surface area contributed by atoms with Gasteiger partial charge in [-0.1, -0.05) is 99.6 Å². The van der Waals surface area contributed by atoms with Crippen LogP contribution in [-0.2, 0) is 32.6 Å². The van der Waals surface area contributed by atoms with Crippen LogP contribution in [0.2, 0.25) is 0 Å². The number of aromatic nitrogens is 1. The van der Waals surface area contributed by atoms with Gasteiger partial charge < -0.3 is 20.5 Å². The van der Waals surface area contributed by atoms with Crippen LogP contribution in [0.15, 0.2) is 101 Å². The van der Waals surface area contributed by atoms with Crippen molar-refractivity contribution in [3.8, 4) is 0 Å². The number of oxime groups is 1. The number of aliphatic hydroxyl groups excluding tert-OH is 1. The van der Waals surface area contributed by atoms with Crippen molar-refractivity contribution < 1.29 is 33.1 Å². The number of nitrogens with one attached hydrogen (secondary N) is 1. The molecule has 53 heavy (non-hydrogen) atoms. The Balaban J connectivity index is 1.38. The Labute approximate surface area is 310 Å². The minimum Gasteiger partial charge on any atom is -0.411 e. The van der Waals surface area contributed by atoms with Crippen LogP contribution in [0.4, 0.5) is 4.79 Å². The van der Waals surface area contributed by atoms with E-state index >= 15 is 0 Å². The van der Waals surface area contributed by atoms with E-state index in [4.69, 9.17) is 5.21 Å². The maximum absolute atomic E-state index is 14.2. The topological polar surface area (TPSA) is 173 Å². The SMILES string of the molecule is CC(C)CN(CC(O)[C@H](Cc1ccccc1)NC(=O)[C@@H](C(C)C)N1CC(=O)N(Cc2ccc3ccccc3n2)C1=O)S(=O)(=O)c1ccc(/C=N/O)cc1. The first kappa shape index (κ1) is 39.0. The summed E-state index contributed by atoms with van der Waals surface area (Å²) >= 11 is 0. The number of pyridine rings is 1. The minimum atomic E-state index is -4.11. The molecule has 0 spiro atoms. The van der Waals surface area contributed by atoms with Crippen LogP contribution in [0.5, 0.6) is 0 Å². The van der Waals surface area contributed by atoms with Gasteiger partial charge in [0.15, 0.2) is 0 Å². The number of carbonyl (C=O) groups excluding carboxylic acids is 3. The number of hydrogen-bond acceptors (Lipinski definition) is 9. The fraction of sp³-hybridized carbons (Fsp3) is 0.359. The molecule has 1 aliphatic rings. The molecule has 4 amide bonds. The van der Waals surface area contributed by atoms with Gasteiger partial charge in [0.1, 0.15) is 12.6 Å². The molecule has 1 unspecified atom stereocenters. The molecule has 0 saturated carbocycles. The molecule has 0 bridgehead atoms. The predicted molar refractivity (Wildman–Crippen MR) is 201 cm³/mol. The summed E-state index contributed by atoms with van der Waals surface area (Å²) in [5.74, 6) is -1.56. The van der Waals surface area contributed by atoms with Gasteiger partial charge in [-0.15, -0.1) is 0 Å². The molecule has 13 nitrogen and oxygen atoms in total. The van der Waals surface area contributed by atoms with Gasteiger partial charge in [0.05, 0.1) is 41.0 Å². The number of carbonyl (C=O) groups is 3. The van der Waals surface area contributed by atoms with Crippen LogP contribution in [0.1, 0.15) is 44.5 Å². The van der Waals surface area contributed by atoms with Crippen molar-refractivity contribution in [1.82, 2.24) is 24.4 Å². The summed E-state index contributed by atoms with van der Waals surface area (Å²) in [5.41, 5.74) is 2.55. The fourth-order valence-electron chi connectivity index (χ4n) is 6.47. The number of fused-ring (bicyclic) bond motifs is 1. The van der Waals surface area contributed by atoms with Gasteiger partial charge in [-0.3, -0.25) is 19.5 Å². The van der Waals surface area contributed by atoms with Gasteiger partial charge >= 0.3 is 6.03 Å². The number of sulfonamides is 1. The molecule has 1 saturated heterocycles. The first-order valence-electron chi connectivity index (χ1n) is 17.5. The van der Waals surface area contributed by atoms with E-state index in [0.717, 1.165) is 21.4 Å². The van der Waals surface area contributed by atoms with Crippen molar-refractivity contribution in [3.05, 3.63) is 108 Å². The van der Waals surface area contributed by atoms with E-state index in [9.17, 15) is 27.9 Å². The molecule has 1 fully saturated rings. The molecule has 3 N–H and O–H groups in total. The highest BCUT2D eigenvalue weighted by Gasteiger charge is 2.44. The number of aliphatic hydroxyl groups is 1. The van der Waals surface area contributed by atoms with Crippen molar-refractivity contribution in [2.45, 2.75) is 63.7 Å². The van der Waals surface area contributed by atoms with E-state index in [1.807, 2.05) is 74.5 Å². The van der Waals surface area contributed by atoms with Crippen LogP contribution in [-0.4, -0.2) is 99.7 Å². The number of para-hydroxylation sites is 1. The maximum Gasteiger partial charge on any atom is 0.328 e. The molecule has 3 aromatic carbocycles. The van der Waals surface area contributed by atoms with Crippen LogP contribution in [0.25, 0.3) is 10.9 Å². The van der Waals surface area contributed by atoms with Crippen molar-refractivity contribution >= 4 is 45.0 Å². The molecule has 280 valence electrons. The molecule has 2 heterocycles. The smallest absolute Gasteiger partial charge is 0.328 e. The summed E-state index contributed by atoms with van der Waals surface area (Å²) in [7, 11) is -4.11. The van der Waals surface area contributed by atoms with Crippen LogP contribution < -0.4 is 5.32 Å². The van der Waals surface area contributed by atoms with Crippen molar-refractivity contribution in [2.75, 3.05) is 19.6 Å². The molecule has 1 aliphatic heterocycles. The zero-order valence-corrected chi connectivity index (χ0v) is 31.1. The molecule has 4 aromatic rings. The van der Waals surface area contributed by atoms with E-state index in [-0.39, 0.29) is 43.4 Å². The summed E-state index contributed by atoms with van der Waals surface area (Å²) in [6.45, 7) is 6.65. The number of benzene rings is 3. The van der Waals surface area contributed by atoms with E-state index in [1.165, 1.54) is 39.7 Å². The van der Waals surface area contributed by atoms with Gasteiger partial charge in [-0.25, -0.2) is 13.2 Å². The summed E-state index contributed by atoms with van der Waals surface area (Å²) in [5, 5.41) is 27.5.